The number of likely N-dealkylation sites (tertiary alicyclic amines) is 1. The molecule has 1 N–H and O–H groups in total. The molecule has 1 aliphatic rings. The van der Waals surface area contributed by atoms with Crippen molar-refractivity contribution in [1.82, 2.24) is 14.7 Å². The Morgan fingerprint density at radius 2 is 2.10 bits per heavy atom. The Morgan fingerprint density at radius 1 is 1.48 bits per heavy atom. The van der Waals surface area contributed by atoms with Crippen molar-refractivity contribution >= 4 is 28.0 Å². The van der Waals surface area contributed by atoms with Crippen LogP contribution < -0.4 is 0 Å². The normalized spacial score (nSPS) is 17.2. The first-order valence-corrected chi connectivity index (χ1v) is 7.32. The molecule has 1 saturated heterocycles. The number of carbonyl (C=O) groups excluding carboxylic acids is 1. The zero-order valence-electron chi connectivity index (χ0n) is 12.2. The summed E-state index contributed by atoms with van der Waals surface area (Å²) in [5, 5.41) is 13.3. The van der Waals surface area contributed by atoms with Gasteiger partial charge in [-0.3, -0.25) is 9.48 Å². The fourth-order valence-corrected chi connectivity index (χ4v) is 2.59. The summed E-state index contributed by atoms with van der Waals surface area (Å²) < 4.78 is 7.51. The van der Waals surface area contributed by atoms with Crippen molar-refractivity contribution in [2.45, 2.75) is 38.3 Å². The van der Waals surface area contributed by atoms with Crippen LogP contribution in [0.1, 0.15) is 27.2 Å². The topological polar surface area (TPSA) is 84.7 Å². The van der Waals surface area contributed by atoms with E-state index in [0.29, 0.717) is 4.60 Å². The summed E-state index contributed by atoms with van der Waals surface area (Å²) in [4.78, 5) is 24.6. The average molecular weight is 360 g/mol. The standard InChI is InChI=1S/C13H18BrN3O4/c1-12(2,3)21-11(20)16-7-13(8-16,6-10(18)19)17-5-4-9(14)15-17/h4-5H,6-8H2,1-3H3,(H,18,19). The van der Waals surface area contributed by atoms with E-state index in [0.717, 1.165) is 0 Å². The summed E-state index contributed by atoms with van der Waals surface area (Å²) in [6.07, 6.45) is 1.18. The predicted molar refractivity (Wildman–Crippen MR) is 78.0 cm³/mol. The van der Waals surface area contributed by atoms with Crippen LogP contribution in [0.3, 0.4) is 0 Å². The maximum atomic E-state index is 12.0. The highest BCUT2D eigenvalue weighted by atomic mass is 79.9. The van der Waals surface area contributed by atoms with Crippen LogP contribution in [-0.4, -0.2) is 50.5 Å². The van der Waals surface area contributed by atoms with E-state index in [1.54, 1.807) is 37.7 Å². The van der Waals surface area contributed by atoms with Crippen LogP contribution in [0.2, 0.25) is 0 Å². The third-order valence-electron chi connectivity index (χ3n) is 3.14. The van der Waals surface area contributed by atoms with E-state index in [2.05, 4.69) is 21.0 Å². The highest BCUT2D eigenvalue weighted by molar-refractivity contribution is 9.10. The van der Waals surface area contributed by atoms with Gasteiger partial charge in [-0.15, -0.1) is 0 Å². The molecule has 0 atom stereocenters. The lowest BCUT2D eigenvalue weighted by Gasteiger charge is -2.49. The van der Waals surface area contributed by atoms with Crippen molar-refractivity contribution in [3.63, 3.8) is 0 Å². The Kier molecular flexibility index (Phi) is 4.01. The number of amides is 1. The van der Waals surface area contributed by atoms with Gasteiger partial charge in [0.05, 0.1) is 19.5 Å². The van der Waals surface area contributed by atoms with E-state index in [-0.39, 0.29) is 19.5 Å². The first-order chi connectivity index (χ1) is 9.61. The first kappa shape index (κ1) is 15.8. The predicted octanol–water partition coefficient (Wildman–Crippen LogP) is 2.07. The number of hydrogen-bond acceptors (Lipinski definition) is 4. The number of hydrogen-bond donors (Lipinski definition) is 1. The lowest BCUT2D eigenvalue weighted by molar-refractivity contribution is -0.143. The minimum Gasteiger partial charge on any atom is -0.481 e. The Hall–Kier alpha value is -1.57. The second-order valence-electron chi connectivity index (χ2n) is 6.21. The van der Waals surface area contributed by atoms with Gasteiger partial charge in [-0.1, -0.05) is 0 Å². The number of carboxylic acids is 1. The number of carboxylic acid groups (broad SMARTS) is 1. The second kappa shape index (κ2) is 5.32. The van der Waals surface area contributed by atoms with Gasteiger partial charge in [0.25, 0.3) is 0 Å². The lowest BCUT2D eigenvalue weighted by Crippen LogP contribution is -2.65. The molecule has 0 unspecified atom stereocenters. The van der Waals surface area contributed by atoms with Gasteiger partial charge < -0.3 is 14.7 Å². The second-order valence-corrected chi connectivity index (χ2v) is 7.03. The van der Waals surface area contributed by atoms with Gasteiger partial charge >= 0.3 is 12.1 Å². The van der Waals surface area contributed by atoms with Gasteiger partial charge in [0.1, 0.15) is 15.7 Å². The highest BCUT2D eigenvalue weighted by Crippen LogP contribution is 2.33. The molecule has 0 radical (unpaired) electrons. The quantitative estimate of drug-likeness (QED) is 0.892. The molecule has 116 valence electrons. The zero-order chi connectivity index (χ0) is 15.8. The van der Waals surface area contributed by atoms with Crippen molar-refractivity contribution in [2.24, 2.45) is 0 Å². The highest BCUT2D eigenvalue weighted by Gasteiger charge is 2.50. The molecule has 0 bridgehead atoms. The lowest BCUT2D eigenvalue weighted by atomic mass is 9.86. The van der Waals surface area contributed by atoms with Gasteiger partial charge in [-0.25, -0.2) is 4.79 Å². The maximum Gasteiger partial charge on any atom is 0.410 e. The molecule has 0 aliphatic carbocycles. The third-order valence-corrected chi connectivity index (χ3v) is 3.57. The number of rotatable bonds is 3. The molecular formula is C13H18BrN3O4. The first-order valence-electron chi connectivity index (χ1n) is 6.53. The van der Waals surface area contributed by atoms with Crippen LogP contribution in [0.25, 0.3) is 0 Å². The van der Waals surface area contributed by atoms with Gasteiger partial charge in [-0.05, 0) is 42.8 Å². The van der Waals surface area contributed by atoms with E-state index in [4.69, 9.17) is 9.84 Å². The smallest absolute Gasteiger partial charge is 0.410 e. The number of nitrogens with zero attached hydrogens (tertiary/aromatic N) is 3. The number of aromatic nitrogens is 2. The molecular weight excluding hydrogens is 342 g/mol. The summed E-state index contributed by atoms with van der Waals surface area (Å²) in [5.74, 6) is -0.925. The molecule has 8 heteroatoms. The summed E-state index contributed by atoms with van der Waals surface area (Å²) in [6, 6.07) is 1.74. The molecule has 0 saturated carbocycles. The largest absolute Gasteiger partial charge is 0.481 e. The Bertz CT molecular complexity index is 558. The van der Waals surface area contributed by atoms with Crippen LogP contribution in [0.5, 0.6) is 0 Å². The van der Waals surface area contributed by atoms with Crippen LogP contribution in [-0.2, 0) is 15.1 Å². The van der Waals surface area contributed by atoms with Crippen molar-refractivity contribution in [2.75, 3.05) is 13.1 Å². The fraction of sp³-hybridized carbons (Fsp3) is 0.615. The molecule has 2 rings (SSSR count). The van der Waals surface area contributed by atoms with E-state index < -0.39 is 23.2 Å². The van der Waals surface area contributed by atoms with Crippen LogP contribution >= 0.6 is 15.9 Å². The van der Waals surface area contributed by atoms with Gasteiger partial charge in [0.2, 0.25) is 0 Å². The monoisotopic (exact) mass is 359 g/mol. The summed E-state index contributed by atoms with van der Waals surface area (Å²) >= 11 is 3.24. The van der Waals surface area contributed by atoms with Crippen LogP contribution in [0.4, 0.5) is 4.79 Å². The summed E-state index contributed by atoms with van der Waals surface area (Å²) in [7, 11) is 0. The number of aliphatic carboxylic acids is 1. The van der Waals surface area contributed by atoms with Crippen molar-refractivity contribution in [3.05, 3.63) is 16.9 Å². The van der Waals surface area contributed by atoms with Crippen molar-refractivity contribution in [1.29, 1.82) is 0 Å². The van der Waals surface area contributed by atoms with Crippen LogP contribution in [0.15, 0.2) is 16.9 Å². The molecule has 7 nitrogen and oxygen atoms in total. The van der Waals surface area contributed by atoms with Gasteiger partial charge in [0, 0.05) is 6.20 Å². The average Bonchev–Trinajstić information content (AvgIpc) is 2.66. The number of ether oxygens (including phenoxy) is 1. The number of carbonyl (C=O) groups is 2. The number of halogens is 1. The molecule has 1 amide bonds. The van der Waals surface area contributed by atoms with E-state index in [9.17, 15) is 9.59 Å². The molecule has 1 fully saturated rings. The minimum atomic E-state index is -0.925. The minimum absolute atomic E-state index is 0.0968. The van der Waals surface area contributed by atoms with E-state index in [1.165, 1.54) is 4.90 Å². The fourth-order valence-electron chi connectivity index (χ4n) is 2.30. The Morgan fingerprint density at radius 3 is 2.52 bits per heavy atom. The van der Waals surface area contributed by atoms with Gasteiger partial charge in [0.15, 0.2) is 0 Å². The van der Waals surface area contributed by atoms with Gasteiger partial charge in [-0.2, -0.15) is 5.10 Å². The third kappa shape index (κ3) is 3.55. The molecule has 1 aromatic heterocycles. The maximum absolute atomic E-state index is 12.0. The van der Waals surface area contributed by atoms with Crippen LogP contribution in [0, 0.1) is 0 Å². The molecule has 0 spiro atoms. The van der Waals surface area contributed by atoms with Crippen molar-refractivity contribution in [3.8, 4) is 0 Å². The summed E-state index contributed by atoms with van der Waals surface area (Å²) in [5.41, 5.74) is -1.29. The molecule has 21 heavy (non-hydrogen) atoms. The Labute approximate surface area is 131 Å². The van der Waals surface area contributed by atoms with Crippen molar-refractivity contribution < 1.29 is 19.4 Å². The SMILES string of the molecule is CC(C)(C)OC(=O)N1CC(CC(=O)O)(n2ccc(Br)n2)C1. The summed E-state index contributed by atoms with van der Waals surface area (Å²) in [6.45, 7) is 5.91. The van der Waals surface area contributed by atoms with E-state index in [1.807, 2.05) is 0 Å². The molecule has 1 aromatic rings. The Balaban J connectivity index is 2.10. The molecule has 0 aromatic carbocycles. The molecule has 2 heterocycles. The molecule has 1 aliphatic heterocycles. The zero-order valence-corrected chi connectivity index (χ0v) is 13.8. The van der Waals surface area contributed by atoms with E-state index >= 15 is 0 Å².